The number of hydrogen-bond donors (Lipinski definition) is 2. The number of carbonyl (C=O) groups is 2. The summed E-state index contributed by atoms with van der Waals surface area (Å²) in [5.74, 6) is -0.436. The maximum atomic E-state index is 11.6. The van der Waals surface area contributed by atoms with Crippen LogP contribution in [-0.4, -0.2) is 29.6 Å². The van der Waals surface area contributed by atoms with E-state index in [-0.39, 0.29) is 36.7 Å². The Hall–Kier alpha value is -1.69. The number of nitrogen functional groups attached to an aromatic ring is 1. The summed E-state index contributed by atoms with van der Waals surface area (Å²) in [6.45, 7) is 2.54. The highest BCUT2D eigenvalue weighted by Crippen LogP contribution is 2.23. The first-order chi connectivity index (χ1) is 8.11. The predicted octanol–water partition coefficient (Wildman–Crippen LogP) is 0.730. The number of rotatable bonds is 3. The topological polar surface area (TPSA) is 86.3 Å². The average Bonchev–Trinajstić information content (AvgIpc) is 2.66. The maximum Gasteiger partial charge on any atom is 0.307 e. The van der Waals surface area contributed by atoms with E-state index in [1.807, 2.05) is 0 Å². The summed E-state index contributed by atoms with van der Waals surface area (Å²) in [6.07, 6.45) is 1.91. The number of aromatic nitrogens is 1. The molecule has 18 heavy (non-hydrogen) atoms. The lowest BCUT2D eigenvalue weighted by Crippen LogP contribution is -2.39. The summed E-state index contributed by atoms with van der Waals surface area (Å²) in [5, 5.41) is 2.73. The van der Waals surface area contributed by atoms with Crippen molar-refractivity contribution in [3.8, 4) is 0 Å². The van der Waals surface area contributed by atoms with Gasteiger partial charge in [-0.25, -0.2) is 0 Å². The molecule has 3 N–H and O–H groups in total. The first-order valence-electron chi connectivity index (χ1n) is 5.53. The molecule has 1 unspecified atom stereocenters. The summed E-state index contributed by atoms with van der Waals surface area (Å²) in [7, 11) is 0. The van der Waals surface area contributed by atoms with E-state index in [9.17, 15) is 9.59 Å². The zero-order chi connectivity index (χ0) is 12.4. The first-order valence-corrected chi connectivity index (χ1v) is 5.53. The number of fused-ring (bicyclic) bond motifs is 1. The van der Waals surface area contributed by atoms with Gasteiger partial charge in [-0.3, -0.25) is 9.59 Å². The quantitative estimate of drug-likeness (QED) is 0.795. The number of ether oxygens (including phenoxy) is 1. The van der Waals surface area contributed by atoms with Crippen LogP contribution in [0.1, 0.15) is 29.9 Å². The van der Waals surface area contributed by atoms with Gasteiger partial charge in [-0.1, -0.05) is 0 Å². The van der Waals surface area contributed by atoms with Crippen molar-refractivity contribution in [2.75, 3.05) is 18.9 Å². The van der Waals surface area contributed by atoms with Gasteiger partial charge in [0, 0.05) is 12.7 Å². The molecule has 1 aromatic heterocycles. The van der Waals surface area contributed by atoms with Gasteiger partial charge in [0.25, 0.3) is 5.91 Å². The van der Waals surface area contributed by atoms with Gasteiger partial charge in [-0.2, -0.15) is 0 Å². The van der Waals surface area contributed by atoms with E-state index in [4.69, 9.17) is 10.5 Å². The van der Waals surface area contributed by atoms with E-state index in [0.717, 1.165) is 0 Å². The number of anilines is 1. The maximum absolute atomic E-state index is 11.6. The summed E-state index contributed by atoms with van der Waals surface area (Å²) >= 11 is 0. The minimum atomic E-state index is -0.271. The Kier molecular flexibility index (Phi) is 4.61. The van der Waals surface area contributed by atoms with Crippen LogP contribution >= 0.6 is 12.4 Å². The number of nitrogens with two attached hydrogens (primary N) is 1. The van der Waals surface area contributed by atoms with Gasteiger partial charge >= 0.3 is 5.97 Å². The van der Waals surface area contributed by atoms with Crippen LogP contribution in [0.25, 0.3) is 0 Å². The number of nitrogens with zero attached hydrogens (tertiary/aromatic N) is 1. The van der Waals surface area contributed by atoms with E-state index in [1.54, 1.807) is 23.8 Å². The third-order valence-electron chi connectivity index (χ3n) is 2.70. The van der Waals surface area contributed by atoms with E-state index in [1.165, 1.54) is 0 Å². The first kappa shape index (κ1) is 14.4. The smallest absolute Gasteiger partial charge is 0.307 e. The molecule has 100 valence electrons. The number of esters is 1. The third kappa shape index (κ3) is 2.76. The second-order valence-electron chi connectivity index (χ2n) is 3.94. The number of hydrogen-bond acceptors (Lipinski definition) is 4. The molecule has 1 atom stereocenters. The minimum Gasteiger partial charge on any atom is -0.466 e. The van der Waals surface area contributed by atoms with Gasteiger partial charge in [0.2, 0.25) is 0 Å². The predicted molar refractivity (Wildman–Crippen MR) is 68.7 cm³/mol. The zero-order valence-electron chi connectivity index (χ0n) is 10.0. The Labute approximate surface area is 111 Å². The molecule has 0 aromatic carbocycles. The molecule has 0 fully saturated rings. The number of nitrogens with one attached hydrogen (secondary N) is 1. The fraction of sp³-hybridized carbons (Fsp3) is 0.455. The monoisotopic (exact) mass is 273 g/mol. The molecule has 6 nitrogen and oxygen atoms in total. The van der Waals surface area contributed by atoms with Crippen LogP contribution in [0.2, 0.25) is 0 Å². The molecule has 0 spiro atoms. The minimum absolute atomic E-state index is 0. The van der Waals surface area contributed by atoms with Crippen molar-refractivity contribution < 1.29 is 14.3 Å². The SMILES string of the molecule is CCOC(=O)CC1CNC(=O)c2cc(N)cn21.Cl. The van der Waals surface area contributed by atoms with Gasteiger partial charge in [0.05, 0.1) is 24.8 Å². The molecular formula is C11H16ClN3O3. The Morgan fingerprint density at radius 2 is 2.39 bits per heavy atom. The lowest BCUT2D eigenvalue weighted by atomic mass is 10.1. The molecule has 0 saturated carbocycles. The van der Waals surface area contributed by atoms with Gasteiger partial charge in [-0.05, 0) is 13.0 Å². The van der Waals surface area contributed by atoms with Crippen molar-refractivity contribution in [3.05, 3.63) is 18.0 Å². The highest BCUT2D eigenvalue weighted by molar-refractivity contribution is 5.94. The van der Waals surface area contributed by atoms with Crippen molar-refractivity contribution in [3.63, 3.8) is 0 Å². The molecule has 2 heterocycles. The largest absolute Gasteiger partial charge is 0.466 e. The molecule has 0 radical (unpaired) electrons. The van der Waals surface area contributed by atoms with E-state index in [0.29, 0.717) is 24.5 Å². The molecule has 0 saturated heterocycles. The summed E-state index contributed by atoms with van der Waals surface area (Å²) in [4.78, 5) is 23.0. The molecule has 1 amide bonds. The summed E-state index contributed by atoms with van der Waals surface area (Å²) < 4.78 is 6.64. The van der Waals surface area contributed by atoms with Crippen LogP contribution in [0.5, 0.6) is 0 Å². The Balaban J connectivity index is 0.00000162. The highest BCUT2D eigenvalue weighted by Gasteiger charge is 2.27. The van der Waals surface area contributed by atoms with Gasteiger partial charge in [-0.15, -0.1) is 12.4 Å². The molecule has 1 aliphatic heterocycles. The Bertz CT molecular complexity index is 458. The van der Waals surface area contributed by atoms with E-state index in [2.05, 4.69) is 5.32 Å². The fourth-order valence-corrected chi connectivity index (χ4v) is 1.97. The van der Waals surface area contributed by atoms with Gasteiger partial charge < -0.3 is 20.4 Å². The van der Waals surface area contributed by atoms with Crippen LogP contribution < -0.4 is 11.1 Å². The molecule has 1 aromatic rings. The molecule has 2 rings (SSSR count). The zero-order valence-corrected chi connectivity index (χ0v) is 10.8. The fourth-order valence-electron chi connectivity index (χ4n) is 1.97. The second-order valence-corrected chi connectivity index (χ2v) is 3.94. The van der Waals surface area contributed by atoms with Crippen LogP contribution in [0.15, 0.2) is 12.3 Å². The number of halogens is 1. The highest BCUT2D eigenvalue weighted by atomic mass is 35.5. The van der Waals surface area contributed by atoms with Crippen molar-refractivity contribution >= 4 is 30.0 Å². The normalized spacial score (nSPS) is 17.4. The number of amides is 1. The molecule has 7 heteroatoms. The number of carbonyl (C=O) groups excluding carboxylic acids is 2. The van der Waals surface area contributed by atoms with Crippen LogP contribution in [0.4, 0.5) is 5.69 Å². The van der Waals surface area contributed by atoms with Crippen LogP contribution in [0.3, 0.4) is 0 Å². The molecule has 0 aliphatic carbocycles. The second kappa shape index (κ2) is 5.77. The van der Waals surface area contributed by atoms with Crippen molar-refractivity contribution in [2.45, 2.75) is 19.4 Å². The standard InChI is InChI=1S/C11H15N3O3.ClH/c1-2-17-10(15)4-8-5-13-11(16)9-3-7(12)6-14(8)9;/h3,6,8H,2,4-5,12H2,1H3,(H,13,16);1H. The van der Waals surface area contributed by atoms with Crippen molar-refractivity contribution in [2.24, 2.45) is 0 Å². The molecule has 0 bridgehead atoms. The Morgan fingerprint density at radius 3 is 3.06 bits per heavy atom. The average molecular weight is 274 g/mol. The van der Waals surface area contributed by atoms with E-state index >= 15 is 0 Å². The summed E-state index contributed by atoms with van der Waals surface area (Å²) in [6, 6.07) is 1.48. The van der Waals surface area contributed by atoms with Crippen LogP contribution in [0, 0.1) is 0 Å². The summed E-state index contributed by atoms with van der Waals surface area (Å²) in [5.41, 5.74) is 6.66. The van der Waals surface area contributed by atoms with Crippen molar-refractivity contribution in [1.29, 1.82) is 0 Å². The van der Waals surface area contributed by atoms with E-state index < -0.39 is 0 Å². The third-order valence-corrected chi connectivity index (χ3v) is 2.70. The lowest BCUT2D eigenvalue weighted by Gasteiger charge is -2.25. The molecular weight excluding hydrogens is 258 g/mol. The van der Waals surface area contributed by atoms with Crippen LogP contribution in [-0.2, 0) is 9.53 Å². The van der Waals surface area contributed by atoms with Gasteiger partial charge in [0.1, 0.15) is 5.69 Å². The molecule has 1 aliphatic rings. The Morgan fingerprint density at radius 1 is 1.67 bits per heavy atom. The van der Waals surface area contributed by atoms with Crippen molar-refractivity contribution in [1.82, 2.24) is 9.88 Å². The van der Waals surface area contributed by atoms with Gasteiger partial charge in [0.15, 0.2) is 0 Å². The lowest BCUT2D eigenvalue weighted by molar-refractivity contribution is -0.144.